The molecule has 8 heteroatoms. The summed E-state index contributed by atoms with van der Waals surface area (Å²) >= 11 is 0. The molecule has 0 unspecified atom stereocenters. The van der Waals surface area contributed by atoms with Crippen LogP contribution in [0.1, 0.15) is 28.7 Å². The molecule has 3 heterocycles. The molecular weight excluding hydrogens is 332 g/mol. The Morgan fingerprint density at radius 3 is 2.88 bits per heavy atom. The van der Waals surface area contributed by atoms with Gasteiger partial charge in [-0.2, -0.15) is 0 Å². The fourth-order valence-corrected chi connectivity index (χ4v) is 2.44. The first-order chi connectivity index (χ1) is 12.6. The predicted octanol–water partition coefficient (Wildman–Crippen LogP) is 2.03. The van der Waals surface area contributed by atoms with Crippen LogP contribution in [0, 0.1) is 0 Å². The molecule has 0 radical (unpaired) electrons. The zero-order chi connectivity index (χ0) is 18.5. The minimum absolute atomic E-state index is 0.187. The molecule has 26 heavy (non-hydrogen) atoms. The molecule has 0 atom stereocenters. The van der Waals surface area contributed by atoms with Gasteiger partial charge in [0.25, 0.3) is 5.91 Å². The number of hydrogen-bond acceptors (Lipinski definition) is 7. The zero-order valence-electron chi connectivity index (χ0n) is 14.4. The number of nitrogens with zero attached hydrogens (tertiary/aromatic N) is 3. The Labute approximate surface area is 150 Å². The van der Waals surface area contributed by atoms with Crippen molar-refractivity contribution in [2.24, 2.45) is 5.73 Å². The number of carbonyl (C=O) groups excluding carboxylic acids is 1. The zero-order valence-corrected chi connectivity index (χ0v) is 14.4. The summed E-state index contributed by atoms with van der Waals surface area (Å²) in [4.78, 5) is 19.6. The molecule has 3 rings (SSSR count). The summed E-state index contributed by atoms with van der Waals surface area (Å²) < 4.78 is 5.34. The summed E-state index contributed by atoms with van der Waals surface area (Å²) in [6.07, 6.45) is 3.28. The van der Waals surface area contributed by atoms with Crippen LogP contribution in [0.4, 0.5) is 11.5 Å². The van der Waals surface area contributed by atoms with Gasteiger partial charge in [0.2, 0.25) is 0 Å². The lowest BCUT2D eigenvalue weighted by Gasteiger charge is -2.09. The van der Waals surface area contributed by atoms with E-state index in [9.17, 15) is 4.79 Å². The van der Waals surface area contributed by atoms with E-state index in [1.165, 1.54) is 0 Å². The number of rotatable bonds is 7. The summed E-state index contributed by atoms with van der Waals surface area (Å²) in [6, 6.07) is 8.79. The van der Waals surface area contributed by atoms with Gasteiger partial charge in [-0.1, -0.05) is 18.1 Å². The lowest BCUT2D eigenvalue weighted by Crippen LogP contribution is -2.13. The second-order valence-corrected chi connectivity index (χ2v) is 5.76. The first kappa shape index (κ1) is 17.4. The van der Waals surface area contributed by atoms with E-state index in [0.29, 0.717) is 35.9 Å². The maximum absolute atomic E-state index is 11.2. The summed E-state index contributed by atoms with van der Waals surface area (Å²) in [5.74, 6) is 0.574. The number of hydrogen-bond donors (Lipinski definition) is 3. The Morgan fingerprint density at radius 1 is 1.27 bits per heavy atom. The monoisotopic (exact) mass is 352 g/mol. The van der Waals surface area contributed by atoms with Crippen LogP contribution >= 0.6 is 0 Å². The quantitative estimate of drug-likeness (QED) is 0.592. The summed E-state index contributed by atoms with van der Waals surface area (Å²) in [7, 11) is 0. The van der Waals surface area contributed by atoms with Crippen molar-refractivity contribution in [1.82, 2.24) is 15.1 Å². The first-order valence-corrected chi connectivity index (χ1v) is 8.28. The van der Waals surface area contributed by atoms with Crippen LogP contribution in [0.2, 0.25) is 0 Å². The molecule has 3 aromatic rings. The molecule has 0 spiro atoms. The van der Waals surface area contributed by atoms with Crippen molar-refractivity contribution in [3.63, 3.8) is 0 Å². The number of nitrogens with one attached hydrogen (secondary N) is 1. The second kappa shape index (κ2) is 7.64. The van der Waals surface area contributed by atoms with Crippen molar-refractivity contribution in [3.8, 4) is 11.4 Å². The number of pyridine rings is 2. The Bertz CT molecular complexity index is 922. The van der Waals surface area contributed by atoms with Crippen LogP contribution in [-0.4, -0.2) is 27.6 Å². The molecule has 0 aromatic carbocycles. The van der Waals surface area contributed by atoms with Gasteiger partial charge in [-0.15, -0.1) is 0 Å². The lowest BCUT2D eigenvalue weighted by atomic mass is 10.2. The predicted molar refractivity (Wildman–Crippen MR) is 98.5 cm³/mol. The van der Waals surface area contributed by atoms with Gasteiger partial charge in [0.05, 0.1) is 11.4 Å². The average molecular weight is 352 g/mol. The minimum atomic E-state index is -0.583. The van der Waals surface area contributed by atoms with Gasteiger partial charge in [-0.3, -0.25) is 4.79 Å². The van der Waals surface area contributed by atoms with E-state index in [1.807, 2.05) is 6.07 Å². The maximum Gasteiger partial charge on any atom is 0.267 e. The van der Waals surface area contributed by atoms with Crippen LogP contribution in [-0.2, 0) is 12.8 Å². The van der Waals surface area contributed by atoms with E-state index < -0.39 is 5.91 Å². The van der Waals surface area contributed by atoms with Gasteiger partial charge in [0.1, 0.15) is 23.0 Å². The summed E-state index contributed by atoms with van der Waals surface area (Å²) in [5, 5.41) is 7.26. The van der Waals surface area contributed by atoms with E-state index in [2.05, 4.69) is 27.4 Å². The Kier molecular flexibility index (Phi) is 5.12. The van der Waals surface area contributed by atoms with Gasteiger partial charge in [0, 0.05) is 25.2 Å². The largest absolute Gasteiger partial charge is 0.382 e. The van der Waals surface area contributed by atoms with E-state index in [0.717, 1.165) is 17.7 Å². The second-order valence-electron chi connectivity index (χ2n) is 5.76. The molecule has 134 valence electrons. The fraction of sp³-hybridized carbons (Fsp3) is 0.222. The van der Waals surface area contributed by atoms with E-state index in [-0.39, 0.29) is 5.69 Å². The molecule has 0 fully saturated rings. The topological polar surface area (TPSA) is 133 Å². The molecule has 0 aliphatic rings. The summed E-state index contributed by atoms with van der Waals surface area (Å²) in [5.41, 5.74) is 14.3. The number of nitrogens with two attached hydrogens (primary N) is 2. The van der Waals surface area contributed by atoms with Crippen LogP contribution in [0.3, 0.4) is 0 Å². The fourth-order valence-electron chi connectivity index (χ4n) is 2.44. The third-order valence-corrected chi connectivity index (χ3v) is 3.89. The van der Waals surface area contributed by atoms with Crippen LogP contribution in [0.15, 0.2) is 41.1 Å². The van der Waals surface area contributed by atoms with Gasteiger partial charge in [-0.05, 0) is 30.2 Å². The van der Waals surface area contributed by atoms with Gasteiger partial charge < -0.3 is 21.3 Å². The van der Waals surface area contributed by atoms with Crippen LogP contribution in [0.5, 0.6) is 0 Å². The highest BCUT2D eigenvalue weighted by molar-refractivity contribution is 5.91. The molecule has 0 aliphatic carbocycles. The SMILES string of the molecule is CCc1cnc(N)c(NCCc2cc(-c3cccc(C(N)=O)n3)no2)c1. The molecule has 0 saturated carbocycles. The maximum atomic E-state index is 11.2. The first-order valence-electron chi connectivity index (χ1n) is 8.28. The highest BCUT2D eigenvalue weighted by atomic mass is 16.5. The van der Waals surface area contributed by atoms with Crippen molar-refractivity contribution < 1.29 is 9.32 Å². The van der Waals surface area contributed by atoms with Crippen LogP contribution < -0.4 is 16.8 Å². The number of anilines is 2. The van der Waals surface area contributed by atoms with Crippen molar-refractivity contribution >= 4 is 17.4 Å². The third kappa shape index (κ3) is 3.97. The third-order valence-electron chi connectivity index (χ3n) is 3.89. The van der Waals surface area contributed by atoms with E-state index in [4.69, 9.17) is 16.0 Å². The van der Waals surface area contributed by atoms with Gasteiger partial charge >= 0.3 is 0 Å². The molecular formula is C18H20N6O2. The summed E-state index contributed by atoms with van der Waals surface area (Å²) in [6.45, 7) is 2.68. The molecule has 5 N–H and O–H groups in total. The number of aromatic nitrogens is 3. The van der Waals surface area contributed by atoms with Crippen LogP contribution in [0.25, 0.3) is 11.4 Å². The number of carbonyl (C=O) groups is 1. The average Bonchev–Trinajstić information content (AvgIpc) is 3.12. The lowest BCUT2D eigenvalue weighted by molar-refractivity contribution is 0.0995. The number of nitrogen functional groups attached to an aromatic ring is 1. The molecule has 0 bridgehead atoms. The highest BCUT2D eigenvalue weighted by Gasteiger charge is 2.10. The van der Waals surface area contributed by atoms with E-state index in [1.54, 1.807) is 30.5 Å². The standard InChI is InChI=1S/C18H20N6O2/c1-2-11-8-16(17(19)22-10-11)21-7-6-12-9-15(24-26-12)13-4-3-5-14(23-13)18(20)25/h3-5,8-10,21H,2,6-7H2,1H3,(H2,19,22)(H2,20,25). The number of aryl methyl sites for hydroxylation is 1. The highest BCUT2D eigenvalue weighted by Crippen LogP contribution is 2.19. The Morgan fingerprint density at radius 2 is 2.12 bits per heavy atom. The van der Waals surface area contributed by atoms with Crippen molar-refractivity contribution in [3.05, 3.63) is 53.5 Å². The smallest absolute Gasteiger partial charge is 0.267 e. The number of primary amides is 1. The van der Waals surface area contributed by atoms with Crippen molar-refractivity contribution in [1.29, 1.82) is 0 Å². The Balaban J connectivity index is 1.64. The van der Waals surface area contributed by atoms with Gasteiger partial charge in [0.15, 0.2) is 0 Å². The normalized spacial score (nSPS) is 10.7. The van der Waals surface area contributed by atoms with Crippen molar-refractivity contribution in [2.45, 2.75) is 19.8 Å². The molecule has 0 saturated heterocycles. The van der Waals surface area contributed by atoms with Gasteiger partial charge in [-0.25, -0.2) is 9.97 Å². The molecule has 1 amide bonds. The van der Waals surface area contributed by atoms with Crippen molar-refractivity contribution in [2.75, 3.05) is 17.6 Å². The Hall–Kier alpha value is -3.42. The molecule has 3 aromatic heterocycles. The minimum Gasteiger partial charge on any atom is -0.382 e. The molecule has 0 aliphatic heterocycles. The van der Waals surface area contributed by atoms with E-state index >= 15 is 0 Å². The molecule has 8 nitrogen and oxygen atoms in total. The number of amides is 1.